The average Bonchev–Trinajstić information content (AvgIpc) is 2.81. The van der Waals surface area contributed by atoms with Gasteiger partial charge in [0.05, 0.1) is 16.3 Å². The molecule has 3 rings (SSSR count). The first-order valence-corrected chi connectivity index (χ1v) is 11.8. The van der Waals surface area contributed by atoms with Gasteiger partial charge < -0.3 is 9.80 Å². The molecule has 1 aromatic carbocycles. The van der Waals surface area contributed by atoms with Crippen LogP contribution in [0.15, 0.2) is 59.5 Å². The van der Waals surface area contributed by atoms with E-state index in [1.165, 1.54) is 23.9 Å². The number of carbonyl (C=O) groups excluding carboxylic acids is 2. The van der Waals surface area contributed by atoms with Crippen LogP contribution in [-0.4, -0.2) is 67.8 Å². The van der Waals surface area contributed by atoms with Crippen molar-refractivity contribution in [2.45, 2.75) is 4.90 Å². The zero-order valence-corrected chi connectivity index (χ0v) is 18.3. The molecule has 1 aliphatic rings. The van der Waals surface area contributed by atoms with Crippen molar-refractivity contribution in [1.82, 2.24) is 15.4 Å². The lowest BCUT2D eigenvalue weighted by Gasteiger charge is -2.35. The van der Waals surface area contributed by atoms with Crippen LogP contribution < -0.4 is 10.4 Å². The zero-order chi connectivity index (χ0) is 23.1. The van der Waals surface area contributed by atoms with E-state index in [0.717, 1.165) is 11.8 Å². The molecule has 0 bridgehead atoms. The number of piperazine rings is 1. The number of anilines is 1. The first kappa shape index (κ1) is 23.2. The largest absolute Gasteiger partial charge is 0.368 e. The number of amides is 2. The molecule has 10 heteroatoms. The lowest BCUT2D eigenvalue weighted by Crippen LogP contribution is -2.48. The smallest absolute Gasteiger partial charge is 0.267 e. The number of rotatable bonds is 6. The molecule has 0 atom stereocenters. The van der Waals surface area contributed by atoms with Gasteiger partial charge in [-0.1, -0.05) is 6.07 Å². The number of benzene rings is 1. The number of carbonyl (C=O) groups is 2. The second-order valence-electron chi connectivity index (χ2n) is 7.21. The summed E-state index contributed by atoms with van der Waals surface area (Å²) in [6.07, 6.45) is 6.86. The Morgan fingerprint density at radius 1 is 0.969 bits per heavy atom. The van der Waals surface area contributed by atoms with Crippen LogP contribution in [0, 0.1) is 0 Å². The predicted octanol–water partition coefficient (Wildman–Crippen LogP) is 1.37. The number of hydrogen-bond acceptors (Lipinski definition) is 7. The lowest BCUT2D eigenvalue weighted by atomic mass is 10.2. The molecule has 0 aliphatic carbocycles. The van der Waals surface area contributed by atoms with Crippen LogP contribution in [0.4, 0.5) is 5.69 Å². The summed E-state index contributed by atoms with van der Waals surface area (Å²) in [6.45, 7) is 2.37. The molecule has 1 fully saturated rings. The molecule has 0 saturated carbocycles. The Hall–Kier alpha value is -3.50. The molecule has 2 N–H and O–H groups in total. The van der Waals surface area contributed by atoms with Gasteiger partial charge in [-0.25, -0.2) is 18.9 Å². The topological polar surface area (TPSA) is 120 Å². The van der Waals surface area contributed by atoms with Crippen LogP contribution in [-0.2, 0) is 19.4 Å². The summed E-state index contributed by atoms with van der Waals surface area (Å²) in [5, 5.41) is 8.51. The second-order valence-corrected chi connectivity index (χ2v) is 9.22. The number of sulfone groups is 1. The SMILES string of the molecule is CS(=O)(=O)c1ccc(N2CCN(C(=O)/C=C/c3cccc(/C=C/C(=O)NO)n3)CC2)cc1. The third kappa shape index (κ3) is 6.25. The Labute approximate surface area is 186 Å². The van der Waals surface area contributed by atoms with Gasteiger partial charge in [0.25, 0.3) is 5.91 Å². The zero-order valence-electron chi connectivity index (χ0n) is 17.5. The lowest BCUT2D eigenvalue weighted by molar-refractivity contribution is -0.126. The summed E-state index contributed by atoms with van der Waals surface area (Å²) in [5.41, 5.74) is 3.50. The number of hydrogen-bond donors (Lipinski definition) is 2. The Balaban J connectivity index is 1.56. The molecule has 2 heterocycles. The molecule has 168 valence electrons. The first-order chi connectivity index (χ1) is 15.3. The van der Waals surface area contributed by atoms with Crippen molar-refractivity contribution in [3.8, 4) is 0 Å². The van der Waals surface area contributed by atoms with Gasteiger partial charge in [-0.3, -0.25) is 14.8 Å². The molecule has 0 radical (unpaired) electrons. The number of nitrogens with zero attached hydrogens (tertiary/aromatic N) is 3. The monoisotopic (exact) mass is 456 g/mol. The molecule has 9 nitrogen and oxygen atoms in total. The minimum atomic E-state index is -3.23. The van der Waals surface area contributed by atoms with E-state index in [9.17, 15) is 18.0 Å². The van der Waals surface area contributed by atoms with Gasteiger partial charge in [-0.15, -0.1) is 0 Å². The summed E-state index contributed by atoms with van der Waals surface area (Å²) in [7, 11) is -3.23. The molecule has 1 aromatic heterocycles. The fraction of sp³-hybridized carbons (Fsp3) is 0.227. The van der Waals surface area contributed by atoms with Crippen molar-refractivity contribution in [2.24, 2.45) is 0 Å². The summed E-state index contributed by atoms with van der Waals surface area (Å²) in [6, 6.07) is 11.9. The van der Waals surface area contributed by atoms with Crippen LogP contribution in [0.5, 0.6) is 0 Å². The standard InChI is InChI=1S/C22H24N4O5S/c1-32(30,31)20-9-7-19(8-10-20)25-13-15-26(16-14-25)22(28)12-6-18-4-2-3-17(23-18)5-11-21(27)24-29/h2-12,29H,13-16H2,1H3,(H,24,27)/b11-5+,12-6+. The quantitative estimate of drug-likeness (QED) is 0.383. The average molecular weight is 457 g/mol. The molecule has 2 aromatic rings. The third-order valence-corrected chi connectivity index (χ3v) is 6.05. The van der Waals surface area contributed by atoms with Gasteiger partial charge in [0.15, 0.2) is 9.84 Å². The van der Waals surface area contributed by atoms with Crippen LogP contribution in [0.3, 0.4) is 0 Å². The molecule has 1 aliphatic heterocycles. The molecule has 2 amide bonds. The van der Waals surface area contributed by atoms with Crippen molar-refractivity contribution in [3.63, 3.8) is 0 Å². The van der Waals surface area contributed by atoms with E-state index < -0.39 is 15.7 Å². The third-order valence-electron chi connectivity index (χ3n) is 4.93. The van der Waals surface area contributed by atoms with Gasteiger partial charge >= 0.3 is 0 Å². The van der Waals surface area contributed by atoms with Gasteiger partial charge in [0, 0.05) is 50.3 Å². The van der Waals surface area contributed by atoms with E-state index in [-0.39, 0.29) is 10.8 Å². The second kappa shape index (κ2) is 10.2. The van der Waals surface area contributed by atoms with Gasteiger partial charge in [-0.2, -0.15) is 0 Å². The van der Waals surface area contributed by atoms with Crippen LogP contribution in [0.25, 0.3) is 12.2 Å². The Kier molecular flexibility index (Phi) is 7.39. The highest BCUT2D eigenvalue weighted by atomic mass is 32.2. The van der Waals surface area contributed by atoms with E-state index in [4.69, 9.17) is 5.21 Å². The Morgan fingerprint density at radius 3 is 2.12 bits per heavy atom. The van der Waals surface area contributed by atoms with Crippen LogP contribution in [0.2, 0.25) is 0 Å². The van der Waals surface area contributed by atoms with Crippen molar-refractivity contribution in [1.29, 1.82) is 0 Å². The van der Waals surface area contributed by atoms with Crippen molar-refractivity contribution >= 4 is 39.5 Å². The predicted molar refractivity (Wildman–Crippen MR) is 121 cm³/mol. The Bertz CT molecular complexity index is 1140. The molecule has 32 heavy (non-hydrogen) atoms. The molecule has 0 spiro atoms. The number of pyridine rings is 1. The highest BCUT2D eigenvalue weighted by Crippen LogP contribution is 2.19. The minimum absolute atomic E-state index is 0.125. The van der Waals surface area contributed by atoms with Gasteiger partial charge in [0.2, 0.25) is 5.91 Å². The summed E-state index contributed by atoms with van der Waals surface area (Å²) in [4.78, 5) is 32.1. The fourth-order valence-corrected chi connectivity index (χ4v) is 3.83. The van der Waals surface area contributed by atoms with Gasteiger partial charge in [-0.05, 0) is 48.6 Å². The molecule has 1 saturated heterocycles. The molecular formula is C22H24N4O5S. The van der Waals surface area contributed by atoms with Gasteiger partial charge in [0.1, 0.15) is 0 Å². The maximum absolute atomic E-state index is 12.5. The molecular weight excluding hydrogens is 432 g/mol. The van der Waals surface area contributed by atoms with Crippen LogP contribution in [0.1, 0.15) is 11.4 Å². The maximum Gasteiger partial charge on any atom is 0.267 e. The highest BCUT2D eigenvalue weighted by Gasteiger charge is 2.20. The summed E-state index contributed by atoms with van der Waals surface area (Å²) >= 11 is 0. The van der Waals surface area contributed by atoms with E-state index in [1.807, 2.05) is 0 Å². The first-order valence-electron chi connectivity index (χ1n) is 9.87. The Morgan fingerprint density at radius 2 is 1.56 bits per heavy atom. The van der Waals surface area contributed by atoms with E-state index in [2.05, 4.69) is 9.88 Å². The van der Waals surface area contributed by atoms with E-state index >= 15 is 0 Å². The van der Waals surface area contributed by atoms with E-state index in [1.54, 1.807) is 53.4 Å². The van der Waals surface area contributed by atoms with Crippen molar-refractivity contribution < 1.29 is 23.2 Å². The maximum atomic E-state index is 12.5. The number of aromatic nitrogens is 1. The fourth-order valence-electron chi connectivity index (χ4n) is 3.20. The summed E-state index contributed by atoms with van der Waals surface area (Å²) in [5.74, 6) is -0.784. The highest BCUT2D eigenvalue weighted by molar-refractivity contribution is 7.90. The molecule has 0 unspecified atom stereocenters. The number of nitrogens with one attached hydrogen (secondary N) is 1. The van der Waals surface area contributed by atoms with Crippen LogP contribution >= 0.6 is 0 Å². The van der Waals surface area contributed by atoms with E-state index in [0.29, 0.717) is 37.6 Å². The van der Waals surface area contributed by atoms with Crippen molar-refractivity contribution in [3.05, 3.63) is 66.0 Å². The van der Waals surface area contributed by atoms with Crippen molar-refractivity contribution in [2.75, 3.05) is 37.3 Å². The number of hydroxylamine groups is 1. The minimum Gasteiger partial charge on any atom is -0.368 e. The normalized spacial score (nSPS) is 14.8. The summed E-state index contributed by atoms with van der Waals surface area (Å²) < 4.78 is 23.2.